The minimum absolute atomic E-state index is 0.00139. The SMILES string of the molecule is N#Cc1ccccc1CS(=O)(=O)C1CCCCC1. The molecule has 0 atom stereocenters. The zero-order valence-electron chi connectivity index (χ0n) is 10.3. The summed E-state index contributed by atoms with van der Waals surface area (Å²) < 4.78 is 24.6. The van der Waals surface area contributed by atoms with E-state index in [4.69, 9.17) is 5.26 Å². The van der Waals surface area contributed by atoms with Crippen molar-refractivity contribution in [3.05, 3.63) is 35.4 Å². The maximum atomic E-state index is 12.3. The summed E-state index contributed by atoms with van der Waals surface area (Å²) >= 11 is 0. The Bertz CT molecular complexity index is 551. The molecule has 3 nitrogen and oxygen atoms in total. The van der Waals surface area contributed by atoms with E-state index in [1.165, 1.54) is 0 Å². The van der Waals surface area contributed by atoms with E-state index in [2.05, 4.69) is 6.07 Å². The first kappa shape index (κ1) is 13.1. The monoisotopic (exact) mass is 263 g/mol. The molecular formula is C14H17NO2S. The Hall–Kier alpha value is -1.34. The number of benzene rings is 1. The van der Waals surface area contributed by atoms with Crippen LogP contribution in [0.15, 0.2) is 24.3 Å². The van der Waals surface area contributed by atoms with E-state index in [9.17, 15) is 8.42 Å². The Balaban J connectivity index is 2.19. The number of rotatable bonds is 3. The van der Waals surface area contributed by atoms with Gasteiger partial charge in [-0.15, -0.1) is 0 Å². The third-order valence-electron chi connectivity index (χ3n) is 3.55. The van der Waals surface area contributed by atoms with E-state index in [0.29, 0.717) is 11.1 Å². The summed E-state index contributed by atoms with van der Waals surface area (Å²) in [6, 6.07) is 9.01. The van der Waals surface area contributed by atoms with E-state index in [-0.39, 0.29) is 11.0 Å². The minimum Gasteiger partial charge on any atom is -0.228 e. The van der Waals surface area contributed by atoms with E-state index in [0.717, 1.165) is 32.1 Å². The number of nitriles is 1. The average Bonchev–Trinajstić information content (AvgIpc) is 2.40. The Kier molecular flexibility index (Phi) is 4.03. The van der Waals surface area contributed by atoms with Crippen LogP contribution in [-0.4, -0.2) is 13.7 Å². The number of hydrogen-bond donors (Lipinski definition) is 0. The quantitative estimate of drug-likeness (QED) is 0.842. The van der Waals surface area contributed by atoms with Crippen molar-refractivity contribution < 1.29 is 8.42 Å². The molecule has 0 aliphatic heterocycles. The molecule has 1 fully saturated rings. The molecule has 1 aromatic rings. The normalized spacial score (nSPS) is 17.3. The maximum Gasteiger partial charge on any atom is 0.157 e. The van der Waals surface area contributed by atoms with Crippen LogP contribution in [0.3, 0.4) is 0 Å². The fourth-order valence-corrected chi connectivity index (χ4v) is 4.49. The van der Waals surface area contributed by atoms with Crippen LogP contribution in [0.5, 0.6) is 0 Å². The lowest BCUT2D eigenvalue weighted by Gasteiger charge is -2.21. The Morgan fingerprint density at radius 3 is 2.50 bits per heavy atom. The second kappa shape index (κ2) is 5.53. The molecule has 96 valence electrons. The van der Waals surface area contributed by atoms with Gasteiger partial charge in [0.05, 0.1) is 22.6 Å². The molecule has 0 N–H and O–H groups in total. The number of sulfone groups is 1. The van der Waals surface area contributed by atoms with E-state index in [1.807, 2.05) is 0 Å². The third kappa shape index (κ3) is 2.91. The summed E-state index contributed by atoms with van der Waals surface area (Å²) in [6.45, 7) is 0. The largest absolute Gasteiger partial charge is 0.228 e. The van der Waals surface area contributed by atoms with Gasteiger partial charge in [-0.25, -0.2) is 8.42 Å². The van der Waals surface area contributed by atoms with Gasteiger partial charge in [0, 0.05) is 0 Å². The van der Waals surface area contributed by atoms with Gasteiger partial charge in [0.15, 0.2) is 9.84 Å². The van der Waals surface area contributed by atoms with Crippen LogP contribution in [-0.2, 0) is 15.6 Å². The minimum atomic E-state index is -3.12. The number of nitrogens with zero attached hydrogens (tertiary/aromatic N) is 1. The molecule has 1 saturated carbocycles. The summed E-state index contributed by atoms with van der Waals surface area (Å²) in [4.78, 5) is 0. The van der Waals surface area contributed by atoms with Crippen LogP contribution in [0.4, 0.5) is 0 Å². The predicted octanol–water partition coefficient (Wildman–Crippen LogP) is 2.81. The highest BCUT2D eigenvalue weighted by Gasteiger charge is 2.27. The average molecular weight is 263 g/mol. The van der Waals surface area contributed by atoms with Crippen LogP contribution < -0.4 is 0 Å². The molecule has 0 heterocycles. The molecule has 0 spiro atoms. The van der Waals surface area contributed by atoms with Gasteiger partial charge in [0.1, 0.15) is 0 Å². The van der Waals surface area contributed by atoms with Crippen molar-refractivity contribution in [1.29, 1.82) is 5.26 Å². The molecule has 18 heavy (non-hydrogen) atoms. The lowest BCUT2D eigenvalue weighted by Crippen LogP contribution is -2.25. The smallest absolute Gasteiger partial charge is 0.157 e. The van der Waals surface area contributed by atoms with Crippen LogP contribution in [0.1, 0.15) is 43.2 Å². The van der Waals surface area contributed by atoms with E-state index in [1.54, 1.807) is 24.3 Å². The summed E-state index contributed by atoms with van der Waals surface area (Å²) in [6.07, 6.45) is 4.70. The van der Waals surface area contributed by atoms with Crippen molar-refractivity contribution in [2.24, 2.45) is 0 Å². The first-order valence-electron chi connectivity index (χ1n) is 6.33. The fourth-order valence-electron chi connectivity index (χ4n) is 2.51. The van der Waals surface area contributed by atoms with Crippen LogP contribution >= 0.6 is 0 Å². The standard InChI is InChI=1S/C14H17NO2S/c15-10-12-6-4-5-7-13(12)11-18(16,17)14-8-2-1-3-9-14/h4-7,14H,1-3,8-9,11H2. The van der Waals surface area contributed by atoms with Gasteiger partial charge in [-0.3, -0.25) is 0 Å². The second-order valence-electron chi connectivity index (χ2n) is 4.84. The molecule has 0 radical (unpaired) electrons. The third-order valence-corrected chi connectivity index (χ3v) is 5.76. The Morgan fingerprint density at radius 1 is 1.17 bits per heavy atom. The fraction of sp³-hybridized carbons (Fsp3) is 0.500. The molecule has 0 saturated heterocycles. The summed E-state index contributed by atoms with van der Waals surface area (Å²) in [7, 11) is -3.12. The molecule has 0 amide bonds. The topological polar surface area (TPSA) is 57.9 Å². The lowest BCUT2D eigenvalue weighted by molar-refractivity contribution is 0.483. The van der Waals surface area contributed by atoms with Gasteiger partial charge in [0.25, 0.3) is 0 Å². The second-order valence-corrected chi connectivity index (χ2v) is 7.12. The van der Waals surface area contributed by atoms with Crippen molar-refractivity contribution >= 4 is 9.84 Å². The zero-order valence-corrected chi connectivity index (χ0v) is 11.1. The molecule has 1 aliphatic rings. The molecule has 1 aromatic carbocycles. The van der Waals surface area contributed by atoms with E-state index >= 15 is 0 Å². The van der Waals surface area contributed by atoms with Gasteiger partial charge in [-0.05, 0) is 24.5 Å². The van der Waals surface area contributed by atoms with Gasteiger partial charge in [-0.1, -0.05) is 37.5 Å². The molecule has 0 unspecified atom stereocenters. The van der Waals surface area contributed by atoms with Crippen LogP contribution in [0, 0.1) is 11.3 Å². The highest BCUT2D eigenvalue weighted by atomic mass is 32.2. The summed E-state index contributed by atoms with van der Waals surface area (Å²) in [5.41, 5.74) is 1.10. The summed E-state index contributed by atoms with van der Waals surface area (Å²) in [5.74, 6) is 0.00139. The van der Waals surface area contributed by atoms with Gasteiger partial charge >= 0.3 is 0 Å². The molecule has 2 rings (SSSR count). The molecule has 0 aromatic heterocycles. The highest BCUT2D eigenvalue weighted by molar-refractivity contribution is 7.91. The maximum absolute atomic E-state index is 12.3. The first-order chi connectivity index (χ1) is 8.63. The molecule has 0 bridgehead atoms. The Labute approximate surface area is 108 Å². The van der Waals surface area contributed by atoms with E-state index < -0.39 is 9.84 Å². The predicted molar refractivity (Wildman–Crippen MR) is 70.7 cm³/mol. The first-order valence-corrected chi connectivity index (χ1v) is 8.04. The van der Waals surface area contributed by atoms with Crippen LogP contribution in [0.2, 0.25) is 0 Å². The van der Waals surface area contributed by atoms with Crippen LogP contribution in [0.25, 0.3) is 0 Å². The van der Waals surface area contributed by atoms with Crippen molar-refractivity contribution in [3.63, 3.8) is 0 Å². The highest BCUT2D eigenvalue weighted by Crippen LogP contribution is 2.26. The molecular weight excluding hydrogens is 246 g/mol. The summed E-state index contributed by atoms with van der Waals surface area (Å²) in [5, 5.41) is 8.77. The molecule has 4 heteroatoms. The Morgan fingerprint density at radius 2 is 1.83 bits per heavy atom. The van der Waals surface area contributed by atoms with Crippen molar-refractivity contribution in [3.8, 4) is 6.07 Å². The van der Waals surface area contributed by atoms with Crippen molar-refractivity contribution in [2.75, 3.05) is 0 Å². The van der Waals surface area contributed by atoms with Gasteiger partial charge < -0.3 is 0 Å². The van der Waals surface area contributed by atoms with Crippen molar-refractivity contribution in [2.45, 2.75) is 43.1 Å². The van der Waals surface area contributed by atoms with Gasteiger partial charge in [-0.2, -0.15) is 5.26 Å². The van der Waals surface area contributed by atoms with Crippen molar-refractivity contribution in [1.82, 2.24) is 0 Å². The zero-order chi connectivity index (χ0) is 13.0. The number of hydrogen-bond acceptors (Lipinski definition) is 3. The molecule has 1 aliphatic carbocycles. The lowest BCUT2D eigenvalue weighted by atomic mass is 10.0. The van der Waals surface area contributed by atoms with Gasteiger partial charge in [0.2, 0.25) is 0 Å².